The average molecular weight is 955 g/mol. The summed E-state index contributed by atoms with van der Waals surface area (Å²) < 4.78 is 31.9. The van der Waals surface area contributed by atoms with E-state index in [0.29, 0.717) is 32.1 Å². The van der Waals surface area contributed by atoms with Gasteiger partial charge in [0.05, 0.1) is 36.6 Å². The Kier molecular flexibility index (Phi) is 15.9. The van der Waals surface area contributed by atoms with E-state index in [9.17, 15) is 40.2 Å². The molecule has 2 bridgehead atoms. The third-order valence-electron chi connectivity index (χ3n) is 18.1. The van der Waals surface area contributed by atoms with Crippen molar-refractivity contribution in [3.63, 3.8) is 0 Å². The highest BCUT2D eigenvalue weighted by Crippen LogP contribution is 2.63. The Bertz CT molecular complexity index is 2000. The predicted octanol–water partition coefficient (Wildman–Crippen LogP) is 6.74. The van der Waals surface area contributed by atoms with Crippen LogP contribution in [-0.4, -0.2) is 122 Å². The molecule has 0 aromatic heterocycles. The minimum Gasteiger partial charge on any atom is -0.511 e. The van der Waals surface area contributed by atoms with E-state index < -0.39 is 113 Å². The highest BCUT2D eigenvalue weighted by Gasteiger charge is 2.67. The molecule has 1 saturated carbocycles. The van der Waals surface area contributed by atoms with E-state index in [4.69, 9.17) is 23.7 Å². The van der Waals surface area contributed by atoms with Crippen LogP contribution in [0.2, 0.25) is 0 Å². The smallest absolute Gasteiger partial charge is 0.346 e. The summed E-state index contributed by atoms with van der Waals surface area (Å²) in [6.45, 7) is 21.2. The fourth-order valence-corrected chi connectivity index (χ4v) is 14.3. The van der Waals surface area contributed by atoms with Gasteiger partial charge in [0.25, 0.3) is 0 Å². The zero-order valence-corrected chi connectivity index (χ0v) is 42.4. The summed E-state index contributed by atoms with van der Waals surface area (Å²) in [4.78, 5) is 44.1. The van der Waals surface area contributed by atoms with Gasteiger partial charge in [-0.05, 0) is 83.5 Å². The molecule has 1 spiro atoms. The number of rotatable bonds is 7. The number of carbonyl (C=O) groups excluding carboxylic acids is 3. The zero-order chi connectivity index (χ0) is 49.9. The number of ketones is 2. The number of hydrogen-bond acceptors (Lipinski definition) is 14. The van der Waals surface area contributed by atoms with E-state index in [-0.39, 0.29) is 79.5 Å². The van der Waals surface area contributed by atoms with Crippen molar-refractivity contribution in [3.05, 3.63) is 46.3 Å². The molecule has 0 aromatic carbocycles. The lowest BCUT2D eigenvalue weighted by atomic mass is 9.47. The third kappa shape index (κ3) is 9.18. The van der Waals surface area contributed by atoms with E-state index in [1.54, 1.807) is 13.8 Å². The van der Waals surface area contributed by atoms with Gasteiger partial charge in [-0.15, -0.1) is 0 Å². The number of aliphatic hydroxyl groups is 6. The Morgan fingerprint density at radius 1 is 0.809 bits per heavy atom. The number of allylic oxidation sites excluding steroid dienone is 4. The highest BCUT2D eigenvalue weighted by atomic mass is 16.7. The number of carbonyl (C=O) groups is 3. The Balaban J connectivity index is 1.31. The Hall–Kier alpha value is -2.79. The average Bonchev–Trinajstić information content (AvgIpc) is 3.53. The first-order chi connectivity index (χ1) is 32.0. The minimum atomic E-state index is -1.60. The van der Waals surface area contributed by atoms with Gasteiger partial charge >= 0.3 is 5.97 Å². The lowest BCUT2D eigenvalue weighted by molar-refractivity contribution is -0.319. The van der Waals surface area contributed by atoms with Gasteiger partial charge in [0.1, 0.15) is 29.3 Å². The molecule has 0 radical (unpaired) electrons. The summed E-state index contributed by atoms with van der Waals surface area (Å²) in [5, 5.41) is 68.2. The second kappa shape index (κ2) is 20.4. The second-order valence-electron chi connectivity index (χ2n) is 22.5. The molecule has 4 aliphatic carbocycles. The lowest BCUT2D eigenvalue weighted by Crippen LogP contribution is -2.57. The molecule has 0 amide bonds. The molecule has 7 rings (SSSR count). The maximum absolute atomic E-state index is 15.6. The summed E-state index contributed by atoms with van der Waals surface area (Å²) in [6.07, 6.45) is 1.28. The maximum Gasteiger partial charge on any atom is 0.346 e. The SMILES string of the molecule is CC/C1=C\[C@H](CO)C[C@@H](C)C(O[C@H]2C[C@H](O)[C@H](O[C@H]3C[C@H](O)[C@H](O)[C@@H](C)O3)[C@@H](C)O2)C(C)CCC[C@]2(C)C=C(C)[C@H](C)C[C@]23OC(=O)/C(=C(/O)[C@@]2(CC)[C@H]4[C@H](C=C(C)[C@@H]12)[C@@H](O)CC(=O)[C@@H]4C)C3=O. The van der Waals surface area contributed by atoms with Gasteiger partial charge in [0.15, 0.2) is 18.2 Å². The predicted molar refractivity (Wildman–Crippen MR) is 252 cm³/mol. The van der Waals surface area contributed by atoms with Crippen molar-refractivity contribution in [2.75, 3.05) is 6.61 Å². The van der Waals surface area contributed by atoms with Crippen LogP contribution in [0.5, 0.6) is 0 Å². The van der Waals surface area contributed by atoms with E-state index >= 15 is 4.79 Å². The van der Waals surface area contributed by atoms with E-state index in [1.165, 1.54) is 0 Å². The Morgan fingerprint density at radius 3 is 2.07 bits per heavy atom. The third-order valence-corrected chi connectivity index (χ3v) is 18.1. The maximum atomic E-state index is 15.6. The van der Waals surface area contributed by atoms with Crippen molar-refractivity contribution in [2.24, 2.45) is 58.2 Å². The number of ether oxygens (including phenoxy) is 5. The van der Waals surface area contributed by atoms with Gasteiger partial charge in [-0.1, -0.05) is 89.8 Å². The largest absolute Gasteiger partial charge is 0.511 e. The molecule has 382 valence electrons. The molecule has 0 aromatic rings. The van der Waals surface area contributed by atoms with Crippen molar-refractivity contribution in [3.8, 4) is 0 Å². The van der Waals surface area contributed by atoms with Crippen molar-refractivity contribution < 1.29 is 68.7 Å². The van der Waals surface area contributed by atoms with Gasteiger partial charge in [0, 0.05) is 66.8 Å². The molecule has 4 fully saturated rings. The van der Waals surface area contributed by atoms with E-state index in [0.717, 1.165) is 16.7 Å². The standard InChI is InChI=1S/C54H82O14/c1-12-35-19-34(25-55)17-28(5)47(66-42-22-40(59)48(33(10)65-42)67-41-21-39(58)46(60)32(9)64-41)26(3)15-14-16-52(11)23-29(6)30(7)24-54(52)50(62)43(51(63)68-54)49(61)53(13-2)44(35)27(4)18-36-38(57)20-37(56)31(8)45(36)53/h18-19,23,26,28,30-34,36,38-42,44-48,55,57-61H,12-17,20-22,24-25H2,1-11H3/b35-19+,49-43+/t26?,28-,30-,31+,32-,33-,34-,36-,38+,39+,40+,41+,42+,44+,45-,46-,47?,48-,52-,53-,54-/m1/s1. The molecule has 2 unspecified atom stereocenters. The molecular weight excluding hydrogens is 873 g/mol. The van der Waals surface area contributed by atoms with Crippen LogP contribution in [0.3, 0.4) is 0 Å². The van der Waals surface area contributed by atoms with Crippen LogP contribution in [0, 0.1) is 58.2 Å². The topological polar surface area (TPSA) is 219 Å². The first-order valence-corrected chi connectivity index (χ1v) is 25.8. The first-order valence-electron chi connectivity index (χ1n) is 25.8. The monoisotopic (exact) mass is 955 g/mol. The summed E-state index contributed by atoms with van der Waals surface area (Å²) in [6, 6.07) is 0. The number of esters is 1. The molecule has 14 heteroatoms. The second-order valence-corrected chi connectivity index (χ2v) is 22.5. The van der Waals surface area contributed by atoms with Gasteiger partial charge < -0.3 is 54.3 Å². The van der Waals surface area contributed by atoms with Crippen LogP contribution in [0.15, 0.2) is 46.3 Å². The van der Waals surface area contributed by atoms with Crippen LogP contribution >= 0.6 is 0 Å². The van der Waals surface area contributed by atoms with Gasteiger partial charge in [-0.25, -0.2) is 4.79 Å². The molecule has 7 aliphatic rings. The fourth-order valence-electron chi connectivity index (χ4n) is 14.3. The number of fused-ring (bicyclic) bond motifs is 4. The molecule has 21 atom stereocenters. The molecule has 14 nitrogen and oxygen atoms in total. The first kappa shape index (κ1) is 53.0. The minimum absolute atomic E-state index is 0.0355. The molecule has 3 aliphatic heterocycles. The number of aliphatic hydroxyl groups excluding tert-OH is 6. The quantitative estimate of drug-likeness (QED) is 0.0885. The van der Waals surface area contributed by atoms with Crippen LogP contribution in [0.4, 0.5) is 0 Å². The van der Waals surface area contributed by atoms with Crippen molar-refractivity contribution in [2.45, 2.75) is 207 Å². The highest BCUT2D eigenvalue weighted by molar-refractivity contribution is 6.26. The van der Waals surface area contributed by atoms with Crippen LogP contribution < -0.4 is 0 Å². The molecule has 3 heterocycles. The molecule has 3 saturated heterocycles. The fraction of sp³-hybridized carbons (Fsp3) is 0.796. The van der Waals surface area contributed by atoms with E-state index in [1.807, 2.05) is 54.5 Å². The lowest BCUT2D eigenvalue weighted by Gasteiger charge is -2.56. The Labute approximate surface area is 403 Å². The Morgan fingerprint density at radius 2 is 1.46 bits per heavy atom. The van der Waals surface area contributed by atoms with Crippen LogP contribution in [0.1, 0.15) is 140 Å². The van der Waals surface area contributed by atoms with E-state index in [2.05, 4.69) is 26.0 Å². The van der Waals surface area contributed by atoms with Gasteiger partial charge in [0.2, 0.25) is 5.78 Å². The van der Waals surface area contributed by atoms with Crippen molar-refractivity contribution >= 4 is 17.5 Å². The van der Waals surface area contributed by atoms with Crippen molar-refractivity contribution in [1.82, 2.24) is 0 Å². The number of hydrogen-bond donors (Lipinski definition) is 6. The van der Waals surface area contributed by atoms with Crippen LogP contribution in [-0.2, 0) is 38.1 Å². The summed E-state index contributed by atoms with van der Waals surface area (Å²) in [5.41, 5.74) is -1.48. The summed E-state index contributed by atoms with van der Waals surface area (Å²) in [5.74, 6) is -5.08. The zero-order valence-electron chi connectivity index (χ0n) is 42.4. The summed E-state index contributed by atoms with van der Waals surface area (Å²) >= 11 is 0. The molecular formula is C54H82O14. The molecule has 6 N–H and O–H groups in total. The van der Waals surface area contributed by atoms with Gasteiger partial charge in [-0.2, -0.15) is 0 Å². The van der Waals surface area contributed by atoms with Gasteiger partial charge in [-0.3, -0.25) is 9.59 Å². The molecule has 68 heavy (non-hydrogen) atoms. The summed E-state index contributed by atoms with van der Waals surface area (Å²) in [7, 11) is 0. The van der Waals surface area contributed by atoms with Crippen molar-refractivity contribution in [1.29, 1.82) is 0 Å². The number of Topliss-reactive ketones (excluding diaryl/α,β-unsaturated/α-hetero) is 2. The van der Waals surface area contributed by atoms with Crippen LogP contribution in [0.25, 0.3) is 0 Å². The normalized spacial score (nSPS) is 49.3.